The topological polar surface area (TPSA) is 57.6 Å². The smallest absolute Gasteiger partial charge is 0.471 e. The molecule has 1 fully saturated rings. The molecular weight excluding hydrogens is 294 g/mol. The van der Waals surface area contributed by atoms with Crippen molar-refractivity contribution < 1.29 is 32.3 Å². The lowest BCUT2D eigenvalue weighted by atomic mass is 9.71. The van der Waals surface area contributed by atoms with Crippen molar-refractivity contribution in [3.8, 4) is 0 Å². The summed E-state index contributed by atoms with van der Waals surface area (Å²) in [6.45, 7) is -0.716. The lowest BCUT2D eigenvalue weighted by Crippen LogP contribution is -2.64. The average Bonchev–Trinajstić information content (AvgIpc) is 2.32. The quantitative estimate of drug-likeness (QED) is 0.868. The molecule has 1 aliphatic rings. The van der Waals surface area contributed by atoms with Crippen LogP contribution in [0, 0.1) is 5.82 Å². The minimum Gasteiger partial charge on any atom is -0.481 e. The molecule has 114 valence electrons. The Labute approximate surface area is 117 Å². The van der Waals surface area contributed by atoms with Crippen molar-refractivity contribution in [1.82, 2.24) is 4.90 Å². The van der Waals surface area contributed by atoms with Gasteiger partial charge in [0, 0.05) is 18.5 Å². The SMILES string of the molecule is O=C(O)CC1(c2ccc(F)cc2)CN(C(=O)C(F)(F)F)C1. The third kappa shape index (κ3) is 2.98. The molecule has 0 radical (unpaired) electrons. The molecule has 1 saturated heterocycles. The predicted octanol–water partition coefficient (Wildman–Crippen LogP) is 1.94. The number of aliphatic carboxylic acids is 1. The number of likely N-dealkylation sites (tertiary alicyclic amines) is 1. The third-order valence-electron chi connectivity index (χ3n) is 3.46. The van der Waals surface area contributed by atoms with Gasteiger partial charge in [-0.2, -0.15) is 13.2 Å². The summed E-state index contributed by atoms with van der Waals surface area (Å²) in [6, 6.07) is 4.86. The first-order valence-corrected chi connectivity index (χ1v) is 5.98. The van der Waals surface area contributed by atoms with Gasteiger partial charge in [-0.05, 0) is 17.7 Å². The molecule has 0 aromatic heterocycles. The third-order valence-corrected chi connectivity index (χ3v) is 3.46. The van der Waals surface area contributed by atoms with Crippen LogP contribution in [0.4, 0.5) is 17.6 Å². The zero-order chi connectivity index (χ0) is 15.8. The second-order valence-corrected chi connectivity index (χ2v) is 5.02. The normalized spacial score (nSPS) is 17.2. The summed E-state index contributed by atoms with van der Waals surface area (Å²) in [5, 5.41) is 8.92. The van der Waals surface area contributed by atoms with Crippen molar-refractivity contribution >= 4 is 11.9 Å². The van der Waals surface area contributed by atoms with E-state index in [9.17, 15) is 27.2 Å². The second-order valence-electron chi connectivity index (χ2n) is 5.02. The van der Waals surface area contributed by atoms with Gasteiger partial charge in [0.2, 0.25) is 0 Å². The van der Waals surface area contributed by atoms with Crippen molar-refractivity contribution in [2.45, 2.75) is 18.0 Å². The molecule has 1 heterocycles. The van der Waals surface area contributed by atoms with Gasteiger partial charge in [0.25, 0.3) is 0 Å². The lowest BCUT2D eigenvalue weighted by Gasteiger charge is -2.49. The highest BCUT2D eigenvalue weighted by atomic mass is 19.4. The number of carboxylic acids is 1. The van der Waals surface area contributed by atoms with Gasteiger partial charge in [-0.25, -0.2) is 4.39 Å². The number of amides is 1. The van der Waals surface area contributed by atoms with Gasteiger partial charge in [0.05, 0.1) is 6.42 Å². The van der Waals surface area contributed by atoms with Gasteiger partial charge in [0.15, 0.2) is 0 Å². The number of benzene rings is 1. The highest BCUT2D eigenvalue weighted by molar-refractivity contribution is 5.83. The molecule has 0 atom stereocenters. The number of nitrogens with zero attached hydrogens (tertiary/aromatic N) is 1. The molecule has 0 spiro atoms. The summed E-state index contributed by atoms with van der Waals surface area (Å²) in [5.41, 5.74) is -0.710. The van der Waals surface area contributed by atoms with Crippen molar-refractivity contribution in [2.75, 3.05) is 13.1 Å². The Morgan fingerprint density at radius 3 is 2.14 bits per heavy atom. The fourth-order valence-corrected chi connectivity index (χ4v) is 2.50. The van der Waals surface area contributed by atoms with E-state index in [2.05, 4.69) is 0 Å². The van der Waals surface area contributed by atoms with E-state index < -0.39 is 35.7 Å². The summed E-state index contributed by atoms with van der Waals surface area (Å²) in [5.74, 6) is -3.73. The highest BCUT2D eigenvalue weighted by Crippen LogP contribution is 2.39. The molecule has 1 aromatic carbocycles. The van der Waals surface area contributed by atoms with Gasteiger partial charge >= 0.3 is 18.1 Å². The molecule has 0 bridgehead atoms. The average molecular weight is 305 g/mol. The maximum Gasteiger partial charge on any atom is 0.471 e. The van der Waals surface area contributed by atoms with E-state index in [1.807, 2.05) is 0 Å². The molecule has 1 amide bonds. The van der Waals surface area contributed by atoms with Crippen LogP contribution in [-0.4, -0.2) is 41.1 Å². The standard InChI is InChI=1S/C13H11F4NO3/c14-9-3-1-8(2-4-9)12(5-10(19)20)6-18(7-12)11(21)13(15,16)17/h1-4H,5-7H2,(H,19,20). The van der Waals surface area contributed by atoms with Crippen LogP contribution in [0.25, 0.3) is 0 Å². The van der Waals surface area contributed by atoms with Crippen LogP contribution in [-0.2, 0) is 15.0 Å². The Morgan fingerprint density at radius 1 is 1.19 bits per heavy atom. The Balaban J connectivity index is 2.22. The molecule has 1 aromatic rings. The first-order chi connectivity index (χ1) is 9.64. The number of halogens is 4. The summed E-state index contributed by atoms with van der Waals surface area (Å²) in [7, 11) is 0. The van der Waals surface area contributed by atoms with E-state index in [4.69, 9.17) is 5.11 Å². The number of rotatable bonds is 3. The lowest BCUT2D eigenvalue weighted by molar-refractivity contribution is -0.193. The van der Waals surface area contributed by atoms with Crippen LogP contribution >= 0.6 is 0 Å². The maximum absolute atomic E-state index is 12.9. The van der Waals surface area contributed by atoms with Crippen LogP contribution in [0.5, 0.6) is 0 Å². The minimum atomic E-state index is -4.99. The summed E-state index contributed by atoms with van der Waals surface area (Å²) in [6.07, 6.45) is -5.42. The fraction of sp³-hybridized carbons (Fsp3) is 0.385. The monoisotopic (exact) mass is 305 g/mol. The Bertz CT molecular complexity index is 562. The van der Waals surface area contributed by atoms with E-state index >= 15 is 0 Å². The van der Waals surface area contributed by atoms with Crippen molar-refractivity contribution in [3.63, 3.8) is 0 Å². The number of hydrogen-bond acceptors (Lipinski definition) is 2. The predicted molar refractivity (Wildman–Crippen MR) is 63.0 cm³/mol. The largest absolute Gasteiger partial charge is 0.481 e. The Kier molecular flexibility index (Phi) is 3.65. The minimum absolute atomic E-state index is 0.358. The molecule has 0 saturated carbocycles. The summed E-state index contributed by atoms with van der Waals surface area (Å²) >= 11 is 0. The molecule has 0 unspecified atom stereocenters. The van der Waals surface area contributed by atoms with Gasteiger partial charge in [-0.1, -0.05) is 12.1 Å². The van der Waals surface area contributed by atoms with Crippen molar-refractivity contribution in [1.29, 1.82) is 0 Å². The number of alkyl halides is 3. The zero-order valence-electron chi connectivity index (χ0n) is 10.7. The Morgan fingerprint density at radius 2 is 1.71 bits per heavy atom. The second kappa shape index (κ2) is 5.01. The number of carbonyl (C=O) groups is 2. The number of carboxylic acid groups (broad SMARTS) is 1. The zero-order valence-corrected chi connectivity index (χ0v) is 10.7. The van der Waals surface area contributed by atoms with Crippen LogP contribution in [0.2, 0.25) is 0 Å². The number of carbonyl (C=O) groups excluding carboxylic acids is 1. The van der Waals surface area contributed by atoms with Crippen molar-refractivity contribution in [2.24, 2.45) is 0 Å². The molecule has 0 aliphatic carbocycles. The molecular formula is C13H11F4NO3. The van der Waals surface area contributed by atoms with Crippen molar-refractivity contribution in [3.05, 3.63) is 35.6 Å². The van der Waals surface area contributed by atoms with Crippen LogP contribution in [0.15, 0.2) is 24.3 Å². The molecule has 1 aliphatic heterocycles. The molecule has 4 nitrogen and oxygen atoms in total. The number of hydrogen-bond donors (Lipinski definition) is 1. The fourth-order valence-electron chi connectivity index (χ4n) is 2.50. The van der Waals surface area contributed by atoms with E-state index in [0.29, 0.717) is 10.5 Å². The molecule has 8 heteroatoms. The highest BCUT2D eigenvalue weighted by Gasteiger charge is 2.53. The van der Waals surface area contributed by atoms with E-state index in [-0.39, 0.29) is 13.1 Å². The molecule has 1 N–H and O–H groups in total. The van der Waals surface area contributed by atoms with Gasteiger partial charge in [-0.15, -0.1) is 0 Å². The van der Waals surface area contributed by atoms with Crippen LogP contribution in [0.1, 0.15) is 12.0 Å². The maximum atomic E-state index is 12.9. The van der Waals surface area contributed by atoms with Gasteiger partial charge in [0.1, 0.15) is 5.82 Å². The van der Waals surface area contributed by atoms with Crippen LogP contribution in [0.3, 0.4) is 0 Å². The first kappa shape index (κ1) is 15.3. The Hall–Kier alpha value is -2.12. The molecule has 21 heavy (non-hydrogen) atoms. The van der Waals surface area contributed by atoms with Gasteiger partial charge < -0.3 is 10.0 Å². The van der Waals surface area contributed by atoms with Gasteiger partial charge in [-0.3, -0.25) is 9.59 Å². The first-order valence-electron chi connectivity index (χ1n) is 5.98. The van der Waals surface area contributed by atoms with E-state index in [0.717, 1.165) is 12.1 Å². The van der Waals surface area contributed by atoms with E-state index in [1.165, 1.54) is 12.1 Å². The summed E-state index contributed by atoms with van der Waals surface area (Å²) < 4.78 is 49.9. The van der Waals surface area contributed by atoms with E-state index in [1.54, 1.807) is 0 Å². The van der Waals surface area contributed by atoms with Crippen LogP contribution < -0.4 is 0 Å². The summed E-state index contributed by atoms with van der Waals surface area (Å²) in [4.78, 5) is 22.6. The molecule has 2 rings (SSSR count).